The van der Waals surface area contributed by atoms with Gasteiger partial charge in [-0.3, -0.25) is 0 Å². The van der Waals surface area contributed by atoms with E-state index in [2.05, 4.69) is 0 Å². The van der Waals surface area contributed by atoms with Gasteiger partial charge in [-0.2, -0.15) is 0 Å². The molecular weight excluding hydrogens is 568 g/mol. The summed E-state index contributed by atoms with van der Waals surface area (Å²) in [4.78, 5) is 24.0. The van der Waals surface area contributed by atoms with Crippen LogP contribution in [0.3, 0.4) is 0 Å². The highest BCUT2D eigenvalue weighted by atomic mass is 16.6. The number of aliphatic hydroxyl groups is 2. The van der Waals surface area contributed by atoms with Crippen molar-refractivity contribution in [2.75, 3.05) is 28.4 Å². The normalized spacial score (nSPS) is 13.0. The van der Waals surface area contributed by atoms with Gasteiger partial charge in [0.25, 0.3) is 0 Å². The molecule has 0 aliphatic carbocycles. The van der Waals surface area contributed by atoms with Crippen LogP contribution in [-0.4, -0.2) is 62.8 Å². The van der Waals surface area contributed by atoms with Crippen molar-refractivity contribution in [1.82, 2.24) is 0 Å². The Labute approximate surface area is 256 Å². The van der Waals surface area contributed by atoms with Crippen LogP contribution in [0.15, 0.2) is 109 Å². The maximum atomic E-state index is 12.0. The van der Waals surface area contributed by atoms with Gasteiger partial charge in [0.05, 0.1) is 28.4 Å². The lowest BCUT2D eigenvalue weighted by Gasteiger charge is -2.23. The molecule has 10 nitrogen and oxygen atoms in total. The van der Waals surface area contributed by atoms with Gasteiger partial charge in [-0.05, 0) is 35.4 Å². The zero-order chi connectivity index (χ0) is 31.9. The molecule has 0 aromatic heterocycles. The number of aliphatic hydroxyl groups excluding tert-OH is 2. The molecule has 0 amide bonds. The highest BCUT2D eigenvalue weighted by molar-refractivity contribution is 5.76. The van der Waals surface area contributed by atoms with E-state index >= 15 is 0 Å². The predicted octanol–water partition coefficient (Wildman–Crippen LogP) is 4.70. The van der Waals surface area contributed by atoms with Crippen LogP contribution in [0.2, 0.25) is 0 Å². The molecule has 4 atom stereocenters. The molecule has 232 valence electrons. The Hall–Kier alpha value is -5.06. The number of hydrogen-bond acceptors (Lipinski definition) is 10. The lowest BCUT2D eigenvalue weighted by molar-refractivity contribution is -0.155. The lowest BCUT2D eigenvalue weighted by Crippen LogP contribution is -2.35. The second-order valence-electron chi connectivity index (χ2n) is 9.14. The number of ether oxygens (including phenoxy) is 6. The van der Waals surface area contributed by atoms with Gasteiger partial charge in [0.2, 0.25) is 12.2 Å². The Balaban J connectivity index is 0.000000240. The summed E-state index contributed by atoms with van der Waals surface area (Å²) >= 11 is 0. The van der Waals surface area contributed by atoms with Crippen LogP contribution in [-0.2, 0) is 19.1 Å². The molecule has 4 rings (SSSR count). The molecule has 0 aliphatic rings. The van der Waals surface area contributed by atoms with Gasteiger partial charge >= 0.3 is 11.9 Å². The number of carbonyl (C=O) groups excluding carboxylic acids is 2. The molecule has 0 bridgehead atoms. The molecule has 44 heavy (non-hydrogen) atoms. The van der Waals surface area contributed by atoms with Crippen molar-refractivity contribution in [1.29, 1.82) is 0 Å². The average molecular weight is 605 g/mol. The van der Waals surface area contributed by atoms with E-state index in [4.69, 9.17) is 28.4 Å². The molecule has 0 heterocycles. The highest BCUT2D eigenvalue weighted by Crippen LogP contribution is 2.31. The Morgan fingerprint density at radius 3 is 1.07 bits per heavy atom. The van der Waals surface area contributed by atoms with Crippen molar-refractivity contribution in [2.24, 2.45) is 0 Å². The van der Waals surface area contributed by atoms with Gasteiger partial charge in [-0.15, -0.1) is 0 Å². The predicted molar refractivity (Wildman–Crippen MR) is 162 cm³/mol. The molecule has 0 spiro atoms. The summed E-state index contributed by atoms with van der Waals surface area (Å²) in [6.07, 6.45) is -4.69. The largest absolute Gasteiger partial charge is 0.493 e. The minimum atomic E-state index is -1.19. The molecule has 0 saturated heterocycles. The summed E-state index contributed by atoms with van der Waals surface area (Å²) in [5, 5.41) is 20.9. The SMILES string of the molecule is COC(=O)[C@@H](Oc1ccccc1OC)[C@@H](O)c1ccccc1.COC(=O)[C@H](Oc1ccccc1OC)[C@H](O)c1ccccc1. The van der Waals surface area contributed by atoms with Gasteiger partial charge in [0.1, 0.15) is 12.2 Å². The molecule has 4 aromatic carbocycles. The molecule has 4 aromatic rings. The fourth-order valence-electron chi connectivity index (χ4n) is 4.07. The quantitative estimate of drug-likeness (QED) is 0.220. The Morgan fingerprint density at radius 2 is 0.773 bits per heavy atom. The van der Waals surface area contributed by atoms with Gasteiger partial charge in [-0.25, -0.2) is 9.59 Å². The van der Waals surface area contributed by atoms with Crippen molar-refractivity contribution in [3.8, 4) is 23.0 Å². The van der Waals surface area contributed by atoms with Crippen LogP contribution >= 0.6 is 0 Å². The van der Waals surface area contributed by atoms with E-state index in [9.17, 15) is 19.8 Å². The minimum absolute atomic E-state index is 0.357. The highest BCUT2D eigenvalue weighted by Gasteiger charge is 2.33. The molecule has 0 radical (unpaired) electrons. The number of rotatable bonds is 12. The topological polar surface area (TPSA) is 130 Å². The number of esters is 2. The third-order valence-corrected chi connectivity index (χ3v) is 6.37. The average Bonchev–Trinajstić information content (AvgIpc) is 3.09. The second-order valence-corrected chi connectivity index (χ2v) is 9.14. The maximum absolute atomic E-state index is 12.0. The van der Waals surface area contributed by atoms with Crippen molar-refractivity contribution in [3.63, 3.8) is 0 Å². The van der Waals surface area contributed by atoms with Crippen molar-refractivity contribution in [2.45, 2.75) is 24.4 Å². The van der Waals surface area contributed by atoms with Gasteiger partial charge in [-0.1, -0.05) is 84.9 Å². The third-order valence-electron chi connectivity index (χ3n) is 6.37. The summed E-state index contributed by atoms with van der Waals surface area (Å²) in [5.74, 6) is 0.323. The summed E-state index contributed by atoms with van der Waals surface area (Å²) < 4.78 is 31.2. The first-order chi connectivity index (χ1) is 21.3. The number of methoxy groups -OCH3 is 4. The van der Waals surface area contributed by atoms with Crippen molar-refractivity contribution in [3.05, 3.63) is 120 Å². The minimum Gasteiger partial charge on any atom is -0.493 e. The van der Waals surface area contributed by atoms with Gasteiger partial charge in [0, 0.05) is 0 Å². The number of benzene rings is 4. The number of para-hydroxylation sites is 4. The van der Waals surface area contributed by atoms with Crippen molar-refractivity contribution >= 4 is 11.9 Å². The van der Waals surface area contributed by atoms with Crippen LogP contribution in [0.4, 0.5) is 0 Å². The molecule has 2 N–H and O–H groups in total. The maximum Gasteiger partial charge on any atom is 0.350 e. The molecule has 0 saturated carbocycles. The lowest BCUT2D eigenvalue weighted by atomic mass is 10.0. The van der Waals surface area contributed by atoms with E-state index in [1.165, 1.54) is 28.4 Å². The van der Waals surface area contributed by atoms with E-state index in [1.807, 2.05) is 12.1 Å². The van der Waals surface area contributed by atoms with E-state index in [0.29, 0.717) is 34.1 Å². The fraction of sp³-hybridized carbons (Fsp3) is 0.235. The smallest absolute Gasteiger partial charge is 0.350 e. The van der Waals surface area contributed by atoms with E-state index < -0.39 is 36.4 Å². The van der Waals surface area contributed by atoms with Crippen LogP contribution in [0.25, 0.3) is 0 Å². The molecular formula is C34H36O10. The summed E-state index contributed by atoms with van der Waals surface area (Å²) in [5.41, 5.74) is 1.13. The van der Waals surface area contributed by atoms with Crippen LogP contribution < -0.4 is 18.9 Å². The summed E-state index contributed by atoms with van der Waals surface area (Å²) in [6.45, 7) is 0. The standard InChI is InChI=1S/2C17H18O5/c2*1-20-13-10-6-7-11-14(13)22-16(17(19)21-2)15(18)12-8-4-3-5-9-12/h2*3-11,15-16,18H,1-2H3/t2*15-,16-/m10/s1. The summed E-state index contributed by atoms with van der Waals surface area (Å²) in [7, 11) is 5.50. The van der Waals surface area contributed by atoms with E-state index in [0.717, 1.165) is 0 Å². The first-order valence-electron chi connectivity index (χ1n) is 13.6. The monoisotopic (exact) mass is 604 g/mol. The van der Waals surface area contributed by atoms with Crippen LogP contribution in [0, 0.1) is 0 Å². The molecule has 0 unspecified atom stereocenters. The van der Waals surface area contributed by atoms with Gasteiger partial charge < -0.3 is 38.6 Å². The third kappa shape index (κ3) is 8.97. The second kappa shape index (κ2) is 17.2. The Bertz CT molecular complexity index is 1330. The Kier molecular flexibility index (Phi) is 13.0. The van der Waals surface area contributed by atoms with Crippen molar-refractivity contribution < 1.29 is 48.2 Å². The number of carbonyl (C=O) groups is 2. The number of hydrogen-bond donors (Lipinski definition) is 2. The molecule has 0 fully saturated rings. The zero-order valence-corrected chi connectivity index (χ0v) is 24.9. The van der Waals surface area contributed by atoms with E-state index in [1.54, 1.807) is 97.1 Å². The van der Waals surface area contributed by atoms with Crippen LogP contribution in [0.5, 0.6) is 23.0 Å². The first kappa shape index (κ1) is 33.4. The zero-order valence-electron chi connectivity index (χ0n) is 24.9. The van der Waals surface area contributed by atoms with Gasteiger partial charge in [0.15, 0.2) is 23.0 Å². The first-order valence-corrected chi connectivity index (χ1v) is 13.6. The van der Waals surface area contributed by atoms with E-state index in [-0.39, 0.29) is 0 Å². The fourth-order valence-corrected chi connectivity index (χ4v) is 4.07. The molecule has 0 aliphatic heterocycles. The molecule has 10 heteroatoms. The summed E-state index contributed by atoms with van der Waals surface area (Å²) in [6, 6.07) is 31.4. The Morgan fingerprint density at radius 1 is 0.477 bits per heavy atom. The van der Waals surface area contributed by atoms with Crippen LogP contribution in [0.1, 0.15) is 23.3 Å².